The van der Waals surface area contributed by atoms with Crippen molar-refractivity contribution in [3.63, 3.8) is 0 Å². The van der Waals surface area contributed by atoms with E-state index in [1.165, 1.54) is 6.08 Å². The van der Waals surface area contributed by atoms with Crippen LogP contribution in [0, 0.1) is 0 Å². The third-order valence-corrected chi connectivity index (χ3v) is 4.43. The van der Waals surface area contributed by atoms with Gasteiger partial charge in [-0.1, -0.05) is 80.5 Å². The third kappa shape index (κ3) is 5.77. The van der Waals surface area contributed by atoms with Crippen molar-refractivity contribution in [2.75, 3.05) is 6.61 Å². The van der Waals surface area contributed by atoms with E-state index in [9.17, 15) is 0 Å². The maximum absolute atomic E-state index is 6.21. The lowest BCUT2D eigenvalue weighted by Gasteiger charge is -2.13. The number of rotatable bonds is 6. The normalized spacial score (nSPS) is 10.3. The molecule has 0 atom stereocenters. The molecule has 2 aromatic carbocycles. The van der Waals surface area contributed by atoms with Crippen molar-refractivity contribution in [2.24, 2.45) is 0 Å². The minimum Gasteiger partial charge on any atom is -0.489 e. The van der Waals surface area contributed by atoms with Crippen LogP contribution in [0.5, 0.6) is 11.5 Å². The van der Waals surface area contributed by atoms with Gasteiger partial charge in [-0.15, -0.1) is 0 Å². The zero-order chi connectivity index (χ0) is 16.8. The van der Waals surface area contributed by atoms with Gasteiger partial charge in [0.1, 0.15) is 23.5 Å². The monoisotopic (exact) mass is 454 g/mol. The van der Waals surface area contributed by atoms with E-state index in [1.807, 2.05) is 24.3 Å². The van der Waals surface area contributed by atoms with Crippen molar-refractivity contribution in [1.29, 1.82) is 0 Å². The molecule has 0 N–H and O–H groups in total. The van der Waals surface area contributed by atoms with Gasteiger partial charge in [-0.3, -0.25) is 0 Å². The molecule has 0 aliphatic carbocycles. The van der Waals surface area contributed by atoms with Crippen LogP contribution in [0.4, 0.5) is 0 Å². The van der Waals surface area contributed by atoms with Crippen molar-refractivity contribution >= 4 is 62.3 Å². The van der Waals surface area contributed by atoms with Crippen LogP contribution in [-0.2, 0) is 6.61 Å². The topological polar surface area (TPSA) is 18.5 Å². The first kappa shape index (κ1) is 18.8. The maximum atomic E-state index is 6.21. The molecule has 2 nitrogen and oxygen atoms in total. The number of benzene rings is 2. The average molecular weight is 457 g/mol. The minimum atomic E-state index is 0.135. The van der Waals surface area contributed by atoms with Crippen LogP contribution in [0.25, 0.3) is 0 Å². The van der Waals surface area contributed by atoms with Crippen LogP contribution in [-0.4, -0.2) is 6.61 Å². The molecule has 0 radical (unpaired) electrons. The summed E-state index contributed by atoms with van der Waals surface area (Å²) in [7, 11) is 0. The standard InChI is InChI=1S/C16H11BrCl4O2/c17-12-4-2-1-3-10(12)9-23-16-13(18)7-11(8-14(16)19)22-6-5-15(20)21/h1-5,7-8H,6,9H2. The Hall–Kier alpha value is -0.580. The summed E-state index contributed by atoms with van der Waals surface area (Å²) in [6.07, 6.45) is 1.52. The molecular weight excluding hydrogens is 446 g/mol. The van der Waals surface area contributed by atoms with Crippen molar-refractivity contribution in [3.05, 3.63) is 67.0 Å². The fourth-order valence-electron chi connectivity index (χ4n) is 1.72. The van der Waals surface area contributed by atoms with E-state index < -0.39 is 0 Å². The second-order valence-electron chi connectivity index (χ2n) is 4.40. The predicted molar refractivity (Wildman–Crippen MR) is 100 cm³/mol. The fraction of sp³-hybridized carbons (Fsp3) is 0.125. The van der Waals surface area contributed by atoms with E-state index >= 15 is 0 Å². The Labute approximate surface area is 163 Å². The van der Waals surface area contributed by atoms with Gasteiger partial charge in [0, 0.05) is 22.2 Å². The van der Waals surface area contributed by atoms with Crippen LogP contribution < -0.4 is 9.47 Å². The summed E-state index contributed by atoms with van der Waals surface area (Å²) in [4.78, 5) is 0. The van der Waals surface area contributed by atoms with Gasteiger partial charge >= 0.3 is 0 Å². The lowest BCUT2D eigenvalue weighted by atomic mass is 10.2. The highest BCUT2D eigenvalue weighted by Gasteiger charge is 2.11. The highest BCUT2D eigenvalue weighted by molar-refractivity contribution is 9.10. The lowest BCUT2D eigenvalue weighted by molar-refractivity contribution is 0.304. The smallest absolute Gasteiger partial charge is 0.157 e. The quantitative estimate of drug-likeness (QED) is 0.464. The molecule has 2 aromatic rings. The predicted octanol–water partition coefficient (Wildman–Crippen LogP) is 7.03. The van der Waals surface area contributed by atoms with Crippen LogP contribution >= 0.6 is 62.3 Å². The molecular formula is C16H11BrCl4O2. The molecule has 122 valence electrons. The summed E-state index contributed by atoms with van der Waals surface area (Å²) >= 11 is 26.9. The van der Waals surface area contributed by atoms with E-state index in [0.29, 0.717) is 28.2 Å². The molecule has 0 spiro atoms. The molecule has 0 amide bonds. The van der Waals surface area contributed by atoms with Crippen molar-refractivity contribution < 1.29 is 9.47 Å². The highest BCUT2D eigenvalue weighted by atomic mass is 79.9. The van der Waals surface area contributed by atoms with E-state index in [0.717, 1.165) is 10.0 Å². The van der Waals surface area contributed by atoms with Crippen LogP contribution in [0.15, 0.2) is 51.4 Å². The van der Waals surface area contributed by atoms with Gasteiger partial charge < -0.3 is 9.47 Å². The summed E-state index contributed by atoms with van der Waals surface area (Å²) in [5.41, 5.74) is 0.988. The first-order chi connectivity index (χ1) is 11.0. The molecule has 0 saturated carbocycles. The SMILES string of the molecule is ClC(Cl)=CCOc1cc(Cl)c(OCc2ccccc2Br)c(Cl)c1. The van der Waals surface area contributed by atoms with Crippen LogP contribution in [0.2, 0.25) is 10.0 Å². The van der Waals surface area contributed by atoms with E-state index in [4.69, 9.17) is 55.9 Å². The zero-order valence-corrected chi connectivity index (χ0v) is 16.3. The van der Waals surface area contributed by atoms with Gasteiger partial charge in [-0.25, -0.2) is 0 Å². The molecule has 0 bridgehead atoms. The van der Waals surface area contributed by atoms with Gasteiger partial charge in [0.15, 0.2) is 5.75 Å². The third-order valence-electron chi connectivity index (χ3n) is 2.79. The van der Waals surface area contributed by atoms with E-state index in [-0.39, 0.29) is 11.1 Å². The van der Waals surface area contributed by atoms with Crippen LogP contribution in [0.3, 0.4) is 0 Å². The fourth-order valence-corrected chi connectivity index (χ4v) is 2.83. The molecule has 0 aliphatic rings. The number of hydrogen-bond donors (Lipinski definition) is 0. The Morgan fingerprint density at radius 1 is 1.04 bits per heavy atom. The first-order valence-electron chi connectivity index (χ1n) is 6.46. The first-order valence-corrected chi connectivity index (χ1v) is 8.77. The maximum Gasteiger partial charge on any atom is 0.157 e. The molecule has 0 heterocycles. The molecule has 0 unspecified atom stereocenters. The lowest BCUT2D eigenvalue weighted by Crippen LogP contribution is -1.99. The average Bonchev–Trinajstić information content (AvgIpc) is 2.48. The van der Waals surface area contributed by atoms with E-state index in [1.54, 1.807) is 12.1 Å². The van der Waals surface area contributed by atoms with Crippen molar-refractivity contribution in [3.8, 4) is 11.5 Å². The molecule has 0 saturated heterocycles. The Bertz CT molecular complexity index is 692. The van der Waals surface area contributed by atoms with E-state index in [2.05, 4.69) is 15.9 Å². The van der Waals surface area contributed by atoms with Gasteiger partial charge in [0.25, 0.3) is 0 Å². The molecule has 0 aromatic heterocycles. The summed E-state index contributed by atoms with van der Waals surface area (Å²) in [5, 5.41) is 0.723. The van der Waals surface area contributed by atoms with Gasteiger partial charge in [0.2, 0.25) is 0 Å². The van der Waals surface area contributed by atoms with Crippen LogP contribution in [0.1, 0.15) is 5.56 Å². The largest absolute Gasteiger partial charge is 0.489 e. The minimum absolute atomic E-state index is 0.135. The Kier molecular flexibility index (Phi) is 7.38. The Balaban J connectivity index is 2.08. The molecule has 7 heteroatoms. The molecule has 23 heavy (non-hydrogen) atoms. The molecule has 2 rings (SSSR count). The Morgan fingerprint density at radius 2 is 1.70 bits per heavy atom. The Morgan fingerprint density at radius 3 is 2.30 bits per heavy atom. The number of halogens is 5. The second-order valence-corrected chi connectivity index (χ2v) is 7.08. The van der Waals surface area contributed by atoms with Gasteiger partial charge in [-0.2, -0.15) is 0 Å². The van der Waals surface area contributed by atoms with Crippen molar-refractivity contribution in [1.82, 2.24) is 0 Å². The zero-order valence-electron chi connectivity index (χ0n) is 11.7. The molecule has 0 fully saturated rings. The second kappa shape index (κ2) is 9.05. The highest BCUT2D eigenvalue weighted by Crippen LogP contribution is 2.37. The summed E-state index contributed by atoms with van der Waals surface area (Å²) in [6, 6.07) is 11.0. The van der Waals surface area contributed by atoms with Gasteiger partial charge in [0.05, 0.1) is 10.0 Å². The van der Waals surface area contributed by atoms with Crippen molar-refractivity contribution in [2.45, 2.75) is 6.61 Å². The summed E-state index contributed by atoms with van der Waals surface area (Å²) in [5.74, 6) is 0.904. The molecule has 0 aliphatic heterocycles. The summed E-state index contributed by atoms with van der Waals surface area (Å²) in [6.45, 7) is 0.553. The number of ether oxygens (including phenoxy) is 2. The summed E-state index contributed by atoms with van der Waals surface area (Å²) < 4.78 is 12.3. The number of hydrogen-bond acceptors (Lipinski definition) is 2. The van der Waals surface area contributed by atoms with Gasteiger partial charge in [-0.05, 0) is 12.1 Å².